The molecule has 0 aliphatic carbocycles. The summed E-state index contributed by atoms with van der Waals surface area (Å²) in [5.41, 5.74) is -0.194. The molecule has 2 aromatic rings. The number of fused-ring (bicyclic) bond motifs is 1. The number of benzene rings is 1. The molecule has 10 heteroatoms. The zero-order valence-electron chi connectivity index (χ0n) is 11.7. The number of nitrogens with zero attached hydrogens (tertiary/aromatic N) is 3. The highest BCUT2D eigenvalue weighted by atomic mass is 32.2. The van der Waals surface area contributed by atoms with Crippen LogP contribution in [-0.2, 0) is 16.6 Å². The molecule has 0 fully saturated rings. The smallest absolute Gasteiger partial charge is 0.267 e. The van der Waals surface area contributed by atoms with E-state index < -0.39 is 28.8 Å². The predicted octanol–water partition coefficient (Wildman–Crippen LogP) is 1.88. The molecule has 6 nitrogen and oxygen atoms in total. The van der Waals surface area contributed by atoms with Gasteiger partial charge in [0.05, 0.1) is 12.7 Å². The van der Waals surface area contributed by atoms with E-state index in [2.05, 4.69) is 5.10 Å². The van der Waals surface area contributed by atoms with Gasteiger partial charge in [-0.15, -0.1) is 0 Å². The topological polar surface area (TPSA) is 64.4 Å². The van der Waals surface area contributed by atoms with Crippen molar-refractivity contribution in [3.8, 4) is 5.75 Å². The van der Waals surface area contributed by atoms with Crippen LogP contribution in [0.15, 0.2) is 35.5 Å². The maximum atomic E-state index is 14.0. The maximum Gasteiger partial charge on any atom is 0.267 e. The van der Waals surface area contributed by atoms with E-state index in [1.54, 1.807) is 0 Å². The lowest BCUT2D eigenvalue weighted by Crippen LogP contribution is -2.38. The van der Waals surface area contributed by atoms with Crippen LogP contribution in [0.5, 0.6) is 5.75 Å². The van der Waals surface area contributed by atoms with Crippen LogP contribution in [0.1, 0.15) is 0 Å². The van der Waals surface area contributed by atoms with Crippen molar-refractivity contribution in [2.75, 3.05) is 17.5 Å². The molecule has 3 rings (SSSR count). The van der Waals surface area contributed by atoms with Gasteiger partial charge < -0.3 is 4.74 Å². The van der Waals surface area contributed by atoms with Gasteiger partial charge in [-0.05, 0) is 12.1 Å². The van der Waals surface area contributed by atoms with Crippen molar-refractivity contribution in [3.63, 3.8) is 0 Å². The van der Waals surface area contributed by atoms with Crippen LogP contribution in [0.3, 0.4) is 0 Å². The molecule has 0 saturated heterocycles. The van der Waals surface area contributed by atoms with Crippen LogP contribution < -0.4 is 9.04 Å². The predicted molar refractivity (Wildman–Crippen MR) is 74.7 cm³/mol. The minimum absolute atomic E-state index is 0.0564. The Bertz CT molecular complexity index is 823. The van der Waals surface area contributed by atoms with E-state index in [-0.39, 0.29) is 29.5 Å². The quantitative estimate of drug-likeness (QED) is 0.847. The number of halogens is 3. The second-order valence-corrected chi connectivity index (χ2v) is 6.66. The van der Waals surface area contributed by atoms with E-state index in [9.17, 15) is 21.6 Å². The van der Waals surface area contributed by atoms with Crippen molar-refractivity contribution in [2.24, 2.45) is 0 Å². The average molecular weight is 347 g/mol. The molecule has 0 radical (unpaired) electrons. The molecule has 0 N–H and O–H groups in total. The first-order valence-electron chi connectivity index (χ1n) is 6.64. The van der Waals surface area contributed by atoms with Crippen molar-refractivity contribution in [3.05, 3.63) is 36.4 Å². The van der Waals surface area contributed by atoms with E-state index in [0.717, 1.165) is 27.4 Å². The normalized spacial score (nSPS) is 14.7. The summed E-state index contributed by atoms with van der Waals surface area (Å²) in [5.74, 6) is -0.634. The zero-order chi connectivity index (χ0) is 16.6. The van der Waals surface area contributed by atoms with Gasteiger partial charge in [-0.3, -0.25) is 8.99 Å². The Morgan fingerprint density at radius 1 is 1.35 bits per heavy atom. The minimum atomic E-state index is -4.13. The molecule has 0 bridgehead atoms. The van der Waals surface area contributed by atoms with Gasteiger partial charge in [0.25, 0.3) is 16.4 Å². The molecule has 1 aliphatic heterocycles. The number of anilines is 1. The molecule has 23 heavy (non-hydrogen) atoms. The van der Waals surface area contributed by atoms with Crippen LogP contribution >= 0.6 is 0 Å². The number of rotatable bonds is 4. The van der Waals surface area contributed by atoms with Crippen molar-refractivity contribution >= 4 is 15.7 Å². The third kappa shape index (κ3) is 2.85. The van der Waals surface area contributed by atoms with Gasteiger partial charge in [0.1, 0.15) is 29.5 Å². The van der Waals surface area contributed by atoms with Crippen LogP contribution in [0.2, 0.25) is 0 Å². The number of alkyl halides is 2. The average Bonchev–Trinajstić information content (AvgIpc) is 2.95. The highest BCUT2D eigenvalue weighted by Crippen LogP contribution is 2.37. The Hall–Kier alpha value is -2.23. The van der Waals surface area contributed by atoms with E-state index in [1.165, 1.54) is 12.1 Å². The summed E-state index contributed by atoms with van der Waals surface area (Å²) in [4.78, 5) is -0.283. The first-order chi connectivity index (χ1) is 10.9. The molecular weight excluding hydrogens is 335 g/mol. The summed E-state index contributed by atoms with van der Waals surface area (Å²) in [7, 11) is -4.13. The SMILES string of the molecule is O=S(=O)(c1cnn(CC(F)F)c1)N1CCOc2cccc(F)c21. The number of aromatic nitrogens is 2. The lowest BCUT2D eigenvalue weighted by molar-refractivity contribution is 0.121. The number of sulfonamides is 1. The van der Waals surface area contributed by atoms with Gasteiger partial charge >= 0.3 is 0 Å². The van der Waals surface area contributed by atoms with Gasteiger partial charge in [-0.2, -0.15) is 5.10 Å². The van der Waals surface area contributed by atoms with E-state index >= 15 is 0 Å². The Morgan fingerprint density at radius 2 is 2.13 bits per heavy atom. The highest BCUT2D eigenvalue weighted by Gasteiger charge is 2.33. The summed E-state index contributed by atoms with van der Waals surface area (Å²) < 4.78 is 71.0. The fourth-order valence-electron chi connectivity index (χ4n) is 2.29. The first-order valence-corrected chi connectivity index (χ1v) is 8.08. The van der Waals surface area contributed by atoms with Gasteiger partial charge in [0.15, 0.2) is 5.82 Å². The van der Waals surface area contributed by atoms with Gasteiger partial charge in [0.2, 0.25) is 0 Å². The second-order valence-electron chi connectivity index (χ2n) is 4.80. The monoisotopic (exact) mass is 347 g/mol. The number of hydrogen-bond donors (Lipinski definition) is 0. The van der Waals surface area contributed by atoms with Crippen LogP contribution in [0.4, 0.5) is 18.9 Å². The lowest BCUT2D eigenvalue weighted by atomic mass is 10.2. The maximum absolute atomic E-state index is 14.0. The van der Waals surface area contributed by atoms with Crippen molar-refractivity contribution in [2.45, 2.75) is 17.9 Å². The van der Waals surface area contributed by atoms with Crippen LogP contribution in [-0.4, -0.2) is 37.8 Å². The molecule has 0 amide bonds. The number of para-hydroxylation sites is 1. The van der Waals surface area contributed by atoms with Crippen LogP contribution in [0.25, 0.3) is 0 Å². The minimum Gasteiger partial charge on any atom is -0.489 e. The van der Waals surface area contributed by atoms with E-state index in [1.807, 2.05) is 0 Å². The van der Waals surface area contributed by atoms with Crippen LogP contribution in [0, 0.1) is 5.82 Å². The largest absolute Gasteiger partial charge is 0.489 e. The summed E-state index contributed by atoms with van der Waals surface area (Å²) >= 11 is 0. The number of ether oxygens (including phenoxy) is 1. The summed E-state index contributed by atoms with van der Waals surface area (Å²) in [6.07, 6.45) is -0.697. The second kappa shape index (κ2) is 5.76. The fraction of sp³-hybridized carbons (Fsp3) is 0.308. The molecule has 1 aliphatic rings. The molecule has 2 heterocycles. The Labute approximate surface area is 130 Å². The third-order valence-electron chi connectivity index (χ3n) is 3.27. The molecule has 1 aromatic heterocycles. The molecule has 0 saturated carbocycles. The number of hydrogen-bond acceptors (Lipinski definition) is 4. The standard InChI is InChI=1S/C13H12F3N3O3S/c14-10-2-1-3-11-13(10)19(4-5-22-11)23(20,21)9-6-17-18(7-9)8-12(15)16/h1-3,6-7,12H,4-5,8H2. The first kappa shape index (κ1) is 15.7. The van der Waals surface area contributed by atoms with Gasteiger partial charge in [-0.1, -0.05) is 6.07 Å². The molecule has 0 spiro atoms. The summed E-state index contributed by atoms with van der Waals surface area (Å²) in [6.45, 7) is -0.749. The van der Waals surface area contributed by atoms with E-state index in [0.29, 0.717) is 0 Å². The van der Waals surface area contributed by atoms with Crippen molar-refractivity contribution < 1.29 is 26.3 Å². The van der Waals surface area contributed by atoms with E-state index in [4.69, 9.17) is 4.74 Å². The summed E-state index contributed by atoms with van der Waals surface area (Å²) in [5, 5.41) is 3.60. The molecule has 0 unspecified atom stereocenters. The Kier molecular flexibility index (Phi) is 3.92. The van der Waals surface area contributed by atoms with Crippen molar-refractivity contribution in [1.82, 2.24) is 9.78 Å². The molecule has 1 aromatic carbocycles. The fourth-order valence-corrected chi connectivity index (χ4v) is 3.71. The third-order valence-corrected chi connectivity index (χ3v) is 5.03. The molecule has 124 valence electrons. The van der Waals surface area contributed by atoms with Crippen molar-refractivity contribution in [1.29, 1.82) is 0 Å². The summed E-state index contributed by atoms with van der Waals surface area (Å²) in [6, 6.07) is 3.99. The Morgan fingerprint density at radius 3 is 2.87 bits per heavy atom. The van der Waals surface area contributed by atoms with Gasteiger partial charge in [0, 0.05) is 6.20 Å². The molecule has 0 atom stereocenters. The highest BCUT2D eigenvalue weighted by molar-refractivity contribution is 7.92. The zero-order valence-corrected chi connectivity index (χ0v) is 12.5. The van der Waals surface area contributed by atoms with Gasteiger partial charge in [-0.25, -0.2) is 21.6 Å². The lowest BCUT2D eigenvalue weighted by Gasteiger charge is -2.30. The Balaban J connectivity index is 2.00. The molecular formula is C13H12F3N3O3S.